The van der Waals surface area contributed by atoms with Crippen molar-refractivity contribution in [2.24, 2.45) is 0 Å². The second kappa shape index (κ2) is 12.8. The van der Waals surface area contributed by atoms with E-state index < -0.39 is 5.41 Å². The fraction of sp³-hybridized carbons (Fsp3) is 0.0179. The summed E-state index contributed by atoms with van der Waals surface area (Å²) in [4.78, 5) is 11.2. The molecule has 11 aromatic rings. The summed E-state index contributed by atoms with van der Waals surface area (Å²) in [5.74, 6) is 2.41. The quantitative estimate of drug-likeness (QED) is 0.179. The first-order chi connectivity index (χ1) is 30.2. The van der Waals surface area contributed by atoms with E-state index in [1.165, 1.54) is 37.7 Å². The summed E-state index contributed by atoms with van der Waals surface area (Å²) in [5, 5.41) is 15.2. The van der Waals surface area contributed by atoms with Gasteiger partial charge in [-0.1, -0.05) is 152 Å². The summed E-state index contributed by atoms with van der Waals surface area (Å²) in [6, 6.07) is 68.8. The van der Waals surface area contributed by atoms with Crippen molar-refractivity contribution >= 4 is 53.2 Å². The number of nitrogens with zero attached hydrogens (tertiary/aromatic N) is 3. The zero-order valence-corrected chi connectivity index (χ0v) is 33.4. The third kappa shape index (κ3) is 4.68. The lowest BCUT2D eigenvalue weighted by Crippen LogP contribution is -2.32. The number of nitriles is 1. The maximum absolute atomic E-state index is 9.49. The van der Waals surface area contributed by atoms with Gasteiger partial charge >= 0.3 is 0 Å². The molecule has 4 nitrogen and oxygen atoms in total. The lowest BCUT2D eigenvalue weighted by molar-refractivity contribution is 0.436. The molecule has 0 bridgehead atoms. The summed E-state index contributed by atoms with van der Waals surface area (Å²) < 4.78 is 8.94. The van der Waals surface area contributed by atoms with Gasteiger partial charge in [-0.15, -0.1) is 11.3 Å². The Morgan fingerprint density at radius 3 is 1.87 bits per heavy atom. The van der Waals surface area contributed by atoms with Crippen LogP contribution in [0.1, 0.15) is 27.8 Å². The Morgan fingerprint density at radius 2 is 1.10 bits per heavy atom. The fourth-order valence-electron chi connectivity index (χ4n) is 10.3. The molecule has 9 aromatic carbocycles. The van der Waals surface area contributed by atoms with E-state index in [2.05, 4.69) is 170 Å². The third-order valence-corrected chi connectivity index (χ3v) is 14.0. The van der Waals surface area contributed by atoms with E-state index in [1.807, 2.05) is 24.3 Å². The Hall–Kier alpha value is -7.91. The number of benzene rings is 9. The highest BCUT2D eigenvalue weighted by Gasteiger charge is 2.52. The van der Waals surface area contributed by atoms with Crippen molar-refractivity contribution in [1.82, 2.24) is 9.97 Å². The van der Waals surface area contributed by atoms with Crippen LogP contribution in [0.25, 0.3) is 86.7 Å². The van der Waals surface area contributed by atoms with Crippen molar-refractivity contribution in [3.05, 3.63) is 216 Å². The van der Waals surface area contributed by atoms with Crippen LogP contribution in [0.3, 0.4) is 0 Å². The molecule has 2 aliphatic rings. The van der Waals surface area contributed by atoms with E-state index in [0.29, 0.717) is 11.4 Å². The highest BCUT2D eigenvalue weighted by atomic mass is 32.1. The van der Waals surface area contributed by atoms with Crippen molar-refractivity contribution in [2.75, 3.05) is 0 Å². The molecule has 282 valence electrons. The molecule has 0 atom stereocenters. The predicted molar refractivity (Wildman–Crippen MR) is 248 cm³/mol. The summed E-state index contributed by atoms with van der Waals surface area (Å²) in [6.45, 7) is 0. The average molecular weight is 794 g/mol. The van der Waals surface area contributed by atoms with Crippen LogP contribution >= 0.6 is 11.3 Å². The first-order valence-corrected chi connectivity index (χ1v) is 21.3. The number of hydrogen-bond acceptors (Lipinski definition) is 5. The maximum atomic E-state index is 9.49. The molecule has 1 spiro atoms. The number of fused-ring (bicyclic) bond motifs is 15. The van der Waals surface area contributed by atoms with Crippen LogP contribution in [0.4, 0.5) is 0 Å². The van der Waals surface area contributed by atoms with Crippen LogP contribution in [0.5, 0.6) is 11.5 Å². The molecule has 0 N–H and O–H groups in total. The number of para-hydroxylation sites is 2. The van der Waals surface area contributed by atoms with Crippen LogP contribution in [0, 0.1) is 11.3 Å². The molecule has 61 heavy (non-hydrogen) atoms. The molecule has 1 aliphatic carbocycles. The van der Waals surface area contributed by atoms with E-state index in [4.69, 9.17) is 14.7 Å². The molecule has 0 radical (unpaired) electrons. The Morgan fingerprint density at radius 1 is 0.475 bits per heavy atom. The zero-order valence-electron chi connectivity index (χ0n) is 32.6. The molecule has 2 aromatic heterocycles. The summed E-state index contributed by atoms with van der Waals surface area (Å²) >= 11 is 1.76. The average Bonchev–Trinajstić information content (AvgIpc) is 3.85. The van der Waals surface area contributed by atoms with Gasteiger partial charge in [0.2, 0.25) is 0 Å². The number of aromatic nitrogens is 2. The van der Waals surface area contributed by atoms with Gasteiger partial charge in [0.05, 0.1) is 33.0 Å². The van der Waals surface area contributed by atoms with Crippen LogP contribution in [-0.4, -0.2) is 9.97 Å². The second-order valence-electron chi connectivity index (χ2n) is 15.8. The molecule has 3 heterocycles. The monoisotopic (exact) mass is 793 g/mol. The largest absolute Gasteiger partial charge is 0.457 e. The van der Waals surface area contributed by atoms with E-state index in [0.717, 1.165) is 76.9 Å². The van der Waals surface area contributed by atoms with E-state index >= 15 is 0 Å². The normalized spacial score (nSPS) is 13.2. The van der Waals surface area contributed by atoms with Crippen LogP contribution in [0.2, 0.25) is 0 Å². The number of rotatable bonds is 3. The van der Waals surface area contributed by atoms with E-state index in [9.17, 15) is 5.26 Å². The topological polar surface area (TPSA) is 58.8 Å². The van der Waals surface area contributed by atoms with Crippen molar-refractivity contribution < 1.29 is 4.74 Å². The molecule has 0 amide bonds. The molecule has 1 aliphatic heterocycles. The number of hydrogen-bond donors (Lipinski definition) is 0. The predicted octanol–water partition coefficient (Wildman–Crippen LogP) is 14.5. The molecule has 5 heteroatoms. The first kappa shape index (κ1) is 34.0. The fourth-order valence-corrected chi connectivity index (χ4v) is 11.4. The van der Waals surface area contributed by atoms with Gasteiger partial charge in [0.1, 0.15) is 11.5 Å². The minimum Gasteiger partial charge on any atom is -0.457 e. The summed E-state index contributed by atoms with van der Waals surface area (Å²) in [5.41, 5.74) is 13.2. The SMILES string of the molecule is N#Cc1ccc(-c2ccc(-c3nc(-c4cccc5c4-c4c(ccc6ccccc46)C54c5ccccc5Oc5ccccc54)c4sc5ccccc5c4n3)c3ccccc23)cc1. The van der Waals surface area contributed by atoms with Crippen molar-refractivity contribution in [2.45, 2.75) is 5.41 Å². The highest BCUT2D eigenvalue weighted by Crippen LogP contribution is 2.64. The Bertz CT molecular complexity index is 3660. The van der Waals surface area contributed by atoms with Gasteiger partial charge in [0.15, 0.2) is 5.82 Å². The van der Waals surface area contributed by atoms with Gasteiger partial charge in [0, 0.05) is 32.3 Å². The minimum absolute atomic E-state index is 0.636. The van der Waals surface area contributed by atoms with Gasteiger partial charge in [-0.25, -0.2) is 9.97 Å². The van der Waals surface area contributed by atoms with Crippen molar-refractivity contribution in [1.29, 1.82) is 5.26 Å². The highest BCUT2D eigenvalue weighted by molar-refractivity contribution is 7.26. The molecule has 0 saturated carbocycles. The zero-order chi connectivity index (χ0) is 40.2. The number of ether oxygens (including phenoxy) is 1. The number of thiophene rings is 1. The Kier molecular flexibility index (Phi) is 7.13. The molecule has 0 fully saturated rings. The van der Waals surface area contributed by atoms with Crippen molar-refractivity contribution in [3.63, 3.8) is 0 Å². The molecule has 0 saturated heterocycles. The Balaban J connectivity index is 1.14. The third-order valence-electron chi connectivity index (χ3n) is 12.8. The van der Waals surface area contributed by atoms with Gasteiger partial charge < -0.3 is 4.74 Å². The summed E-state index contributed by atoms with van der Waals surface area (Å²) in [7, 11) is 0. The van der Waals surface area contributed by atoms with Gasteiger partial charge in [-0.3, -0.25) is 0 Å². The van der Waals surface area contributed by atoms with Gasteiger partial charge in [0.25, 0.3) is 0 Å². The van der Waals surface area contributed by atoms with Crippen LogP contribution in [-0.2, 0) is 5.41 Å². The lowest BCUT2D eigenvalue weighted by Gasteiger charge is -2.39. The molecular weight excluding hydrogens is 763 g/mol. The Labute approximate surface area is 355 Å². The van der Waals surface area contributed by atoms with Crippen LogP contribution < -0.4 is 4.74 Å². The lowest BCUT2D eigenvalue weighted by atomic mass is 9.66. The smallest absolute Gasteiger partial charge is 0.161 e. The van der Waals surface area contributed by atoms with Crippen LogP contribution in [0.15, 0.2) is 188 Å². The first-order valence-electron chi connectivity index (χ1n) is 20.5. The minimum atomic E-state index is -0.636. The maximum Gasteiger partial charge on any atom is 0.161 e. The summed E-state index contributed by atoms with van der Waals surface area (Å²) in [6.07, 6.45) is 0. The molecule has 13 rings (SSSR count). The molecular formula is C56H31N3OS. The second-order valence-corrected chi connectivity index (χ2v) is 16.9. The van der Waals surface area contributed by atoms with Gasteiger partial charge in [-0.05, 0) is 91.3 Å². The van der Waals surface area contributed by atoms with Gasteiger partial charge in [-0.2, -0.15) is 5.26 Å². The van der Waals surface area contributed by atoms with E-state index in [1.54, 1.807) is 11.3 Å². The van der Waals surface area contributed by atoms with E-state index in [-0.39, 0.29) is 0 Å². The van der Waals surface area contributed by atoms with Crippen molar-refractivity contribution in [3.8, 4) is 62.5 Å². The molecule has 0 unspecified atom stereocenters. The standard InChI is InChI=1S/C56H31N3OS/c57-32-33-24-26-35(27-25-33)36-29-30-40(39-15-4-3-14-38(36)39)55-58-52-41-16-5-10-23-49(41)61-54(52)53(59-55)42-17-11-20-45-51(42)50-37-13-2-1-12-34(37)28-31-46(50)56(45)43-18-6-8-21-47(43)60-48-22-9-7-19-44(48)56/h1-31H.